The maximum atomic E-state index is 12.8. The topological polar surface area (TPSA) is 66.1 Å². The van der Waals surface area contributed by atoms with Crippen LogP contribution in [0.4, 0.5) is 0 Å². The van der Waals surface area contributed by atoms with E-state index in [4.69, 9.17) is 11.6 Å². The predicted molar refractivity (Wildman–Crippen MR) is 81.3 cm³/mol. The van der Waals surface area contributed by atoms with Crippen molar-refractivity contribution >= 4 is 21.6 Å². The van der Waals surface area contributed by atoms with Gasteiger partial charge in [-0.05, 0) is 18.8 Å². The highest BCUT2D eigenvalue weighted by molar-refractivity contribution is 7.89. The molecule has 0 aromatic carbocycles. The molecule has 0 atom stereocenters. The van der Waals surface area contributed by atoms with E-state index in [1.807, 2.05) is 27.7 Å². The molecule has 0 saturated heterocycles. The van der Waals surface area contributed by atoms with E-state index in [9.17, 15) is 8.42 Å². The van der Waals surface area contributed by atoms with Crippen molar-refractivity contribution in [2.24, 2.45) is 11.8 Å². The average Bonchev–Trinajstić information content (AvgIpc) is 2.68. The first-order valence-corrected chi connectivity index (χ1v) is 8.77. The van der Waals surface area contributed by atoms with E-state index in [0.717, 1.165) is 0 Å². The van der Waals surface area contributed by atoms with Gasteiger partial charge in [-0.15, -0.1) is 11.6 Å². The number of H-pyrrole nitrogens is 1. The lowest BCUT2D eigenvalue weighted by molar-refractivity contribution is 0.332. The molecule has 0 saturated carbocycles. The number of hydrogen-bond donors (Lipinski definition) is 1. The van der Waals surface area contributed by atoms with Crippen molar-refractivity contribution in [3.05, 3.63) is 11.3 Å². The molecule has 1 heterocycles. The fraction of sp³-hybridized carbons (Fsp3) is 0.769. The number of aromatic amines is 1. The van der Waals surface area contributed by atoms with Gasteiger partial charge in [0.1, 0.15) is 0 Å². The number of rotatable bonds is 7. The second kappa shape index (κ2) is 6.91. The molecule has 0 aliphatic carbocycles. The van der Waals surface area contributed by atoms with E-state index in [2.05, 4.69) is 10.2 Å². The summed E-state index contributed by atoms with van der Waals surface area (Å²) in [6.07, 6.45) is 0. The molecule has 0 bridgehead atoms. The quantitative estimate of drug-likeness (QED) is 0.785. The minimum Gasteiger partial charge on any atom is -0.281 e. The number of hydrogen-bond acceptors (Lipinski definition) is 3. The van der Waals surface area contributed by atoms with Gasteiger partial charge in [0.15, 0.2) is 5.03 Å². The molecule has 5 nitrogen and oxygen atoms in total. The number of nitrogens with one attached hydrogen (secondary N) is 1. The van der Waals surface area contributed by atoms with Gasteiger partial charge in [-0.25, -0.2) is 8.42 Å². The summed E-state index contributed by atoms with van der Waals surface area (Å²) in [6.45, 7) is 10.7. The van der Waals surface area contributed by atoms with Crippen LogP contribution in [-0.2, 0) is 15.9 Å². The van der Waals surface area contributed by atoms with Crippen molar-refractivity contribution in [3.63, 3.8) is 0 Å². The zero-order valence-electron chi connectivity index (χ0n) is 12.8. The second-order valence-corrected chi connectivity index (χ2v) is 8.00. The molecule has 0 radical (unpaired) electrons. The SMILES string of the molecule is Cc1[nH]nc(S(=O)(=O)N(CC(C)C)CC(C)C)c1CCl. The number of halogens is 1. The van der Waals surface area contributed by atoms with Gasteiger partial charge in [0, 0.05) is 24.3 Å². The van der Waals surface area contributed by atoms with Gasteiger partial charge < -0.3 is 0 Å². The fourth-order valence-electron chi connectivity index (χ4n) is 2.01. The lowest BCUT2D eigenvalue weighted by Crippen LogP contribution is -2.37. The summed E-state index contributed by atoms with van der Waals surface area (Å²) < 4.78 is 27.1. The minimum atomic E-state index is -3.61. The summed E-state index contributed by atoms with van der Waals surface area (Å²) in [5.41, 5.74) is 1.26. The molecule has 1 N–H and O–H groups in total. The Morgan fingerprint density at radius 1 is 1.20 bits per heavy atom. The molecular formula is C13H24ClN3O2S. The van der Waals surface area contributed by atoms with Crippen molar-refractivity contribution in [2.45, 2.75) is 45.5 Å². The van der Waals surface area contributed by atoms with Gasteiger partial charge >= 0.3 is 0 Å². The number of aryl methyl sites for hydroxylation is 1. The number of sulfonamides is 1. The Morgan fingerprint density at radius 3 is 2.10 bits per heavy atom. The first-order chi connectivity index (χ1) is 9.20. The monoisotopic (exact) mass is 321 g/mol. The van der Waals surface area contributed by atoms with Gasteiger partial charge in [0.25, 0.3) is 10.0 Å². The molecule has 0 aliphatic heterocycles. The van der Waals surface area contributed by atoms with Crippen LogP contribution < -0.4 is 0 Å². The van der Waals surface area contributed by atoms with Gasteiger partial charge in [-0.1, -0.05) is 27.7 Å². The van der Waals surface area contributed by atoms with Crippen LogP contribution in [0.1, 0.15) is 39.0 Å². The Bertz CT molecular complexity index is 528. The highest BCUT2D eigenvalue weighted by Gasteiger charge is 2.31. The molecule has 1 rings (SSSR count). The first-order valence-electron chi connectivity index (χ1n) is 6.80. The molecule has 0 fully saturated rings. The van der Waals surface area contributed by atoms with E-state index >= 15 is 0 Å². The molecule has 116 valence electrons. The van der Waals surface area contributed by atoms with Crippen LogP contribution in [0.15, 0.2) is 5.03 Å². The van der Waals surface area contributed by atoms with Crippen LogP contribution in [0.2, 0.25) is 0 Å². The van der Waals surface area contributed by atoms with E-state index in [-0.39, 0.29) is 22.7 Å². The van der Waals surface area contributed by atoms with Gasteiger partial charge in [-0.2, -0.15) is 9.40 Å². The van der Waals surface area contributed by atoms with Crippen LogP contribution in [0.25, 0.3) is 0 Å². The number of alkyl halides is 1. The Morgan fingerprint density at radius 2 is 1.70 bits per heavy atom. The van der Waals surface area contributed by atoms with E-state index in [1.54, 1.807) is 6.92 Å². The third-order valence-electron chi connectivity index (χ3n) is 2.89. The molecular weight excluding hydrogens is 298 g/mol. The second-order valence-electron chi connectivity index (χ2n) is 5.88. The zero-order chi connectivity index (χ0) is 15.5. The summed E-state index contributed by atoms with van der Waals surface area (Å²) in [5.74, 6) is 0.639. The maximum Gasteiger partial charge on any atom is 0.262 e. The average molecular weight is 322 g/mol. The predicted octanol–water partition coefficient (Wildman–Crippen LogP) is 2.76. The summed E-state index contributed by atoms with van der Waals surface area (Å²) >= 11 is 5.86. The molecule has 0 amide bonds. The fourth-order valence-corrected chi connectivity index (χ4v) is 4.35. The van der Waals surface area contributed by atoms with Crippen LogP contribution >= 0.6 is 11.6 Å². The largest absolute Gasteiger partial charge is 0.281 e. The Balaban J connectivity index is 3.21. The van der Waals surface area contributed by atoms with E-state index in [1.165, 1.54) is 4.31 Å². The van der Waals surface area contributed by atoms with Crippen molar-refractivity contribution in [3.8, 4) is 0 Å². The van der Waals surface area contributed by atoms with Gasteiger partial charge in [-0.3, -0.25) is 5.10 Å². The standard InChI is InChI=1S/C13H24ClN3O2S/c1-9(2)7-17(8-10(3)4)20(18,19)13-12(6-14)11(5)15-16-13/h9-10H,6-8H2,1-5H3,(H,15,16). The summed E-state index contributed by atoms with van der Waals surface area (Å²) in [5, 5.41) is 6.73. The summed E-state index contributed by atoms with van der Waals surface area (Å²) in [7, 11) is -3.61. The minimum absolute atomic E-state index is 0.0614. The zero-order valence-corrected chi connectivity index (χ0v) is 14.3. The highest BCUT2D eigenvalue weighted by atomic mass is 35.5. The molecule has 0 spiro atoms. The van der Waals surface area contributed by atoms with Crippen LogP contribution in [0.3, 0.4) is 0 Å². The third-order valence-corrected chi connectivity index (χ3v) is 4.96. The number of aromatic nitrogens is 2. The highest BCUT2D eigenvalue weighted by Crippen LogP contribution is 2.23. The van der Waals surface area contributed by atoms with E-state index < -0.39 is 10.0 Å². The van der Waals surface area contributed by atoms with Gasteiger partial charge in [0.05, 0.1) is 5.88 Å². The molecule has 20 heavy (non-hydrogen) atoms. The van der Waals surface area contributed by atoms with Crippen molar-refractivity contribution < 1.29 is 8.42 Å². The Kier molecular flexibility index (Phi) is 6.04. The van der Waals surface area contributed by atoms with Gasteiger partial charge in [0.2, 0.25) is 0 Å². The first kappa shape index (κ1) is 17.5. The summed E-state index contributed by atoms with van der Waals surface area (Å²) in [4.78, 5) is 0. The summed E-state index contributed by atoms with van der Waals surface area (Å²) in [6, 6.07) is 0. The van der Waals surface area contributed by atoms with Crippen LogP contribution in [0, 0.1) is 18.8 Å². The van der Waals surface area contributed by atoms with Crippen LogP contribution in [-0.4, -0.2) is 36.0 Å². The van der Waals surface area contributed by atoms with Crippen molar-refractivity contribution in [1.82, 2.24) is 14.5 Å². The normalized spacial score (nSPS) is 12.8. The molecule has 1 aromatic heterocycles. The third kappa shape index (κ3) is 3.96. The molecule has 0 aliphatic rings. The smallest absolute Gasteiger partial charge is 0.262 e. The lowest BCUT2D eigenvalue weighted by Gasteiger charge is -2.25. The Labute approximate surface area is 126 Å². The van der Waals surface area contributed by atoms with Crippen molar-refractivity contribution in [1.29, 1.82) is 0 Å². The van der Waals surface area contributed by atoms with E-state index in [0.29, 0.717) is 24.3 Å². The molecule has 7 heteroatoms. The number of nitrogens with zero attached hydrogens (tertiary/aromatic N) is 2. The molecule has 0 unspecified atom stereocenters. The Hall–Kier alpha value is -0.590. The molecule has 1 aromatic rings. The van der Waals surface area contributed by atoms with Crippen LogP contribution in [0.5, 0.6) is 0 Å². The lowest BCUT2D eigenvalue weighted by atomic mass is 10.2. The van der Waals surface area contributed by atoms with Crippen molar-refractivity contribution in [2.75, 3.05) is 13.1 Å². The maximum absolute atomic E-state index is 12.8.